The molecule has 0 aliphatic rings. The fourth-order valence-corrected chi connectivity index (χ4v) is 1.92. The lowest BCUT2D eigenvalue weighted by atomic mass is 10.4. The summed E-state index contributed by atoms with van der Waals surface area (Å²) >= 11 is 1.26. The number of hydrogen-bond donors (Lipinski definition) is 1. The Bertz CT molecular complexity index is 498. The van der Waals surface area contributed by atoms with Crippen LogP contribution in [0.2, 0.25) is 0 Å². The molecule has 0 fully saturated rings. The Morgan fingerprint density at radius 2 is 2.24 bits per heavy atom. The Morgan fingerprint density at radius 1 is 1.47 bits per heavy atom. The van der Waals surface area contributed by atoms with Crippen LogP contribution < -0.4 is 5.32 Å². The maximum atomic E-state index is 11.4. The van der Waals surface area contributed by atoms with Gasteiger partial charge in [0.05, 0.1) is 12.8 Å². The normalized spacial score (nSPS) is 9.94. The van der Waals surface area contributed by atoms with Gasteiger partial charge in [-0.3, -0.25) is 4.98 Å². The van der Waals surface area contributed by atoms with Gasteiger partial charge in [0.1, 0.15) is 4.88 Å². The van der Waals surface area contributed by atoms with Gasteiger partial charge in [-0.2, -0.15) is 0 Å². The Labute approximate surface area is 102 Å². The van der Waals surface area contributed by atoms with E-state index in [2.05, 4.69) is 15.3 Å². The monoisotopic (exact) mass is 249 g/mol. The van der Waals surface area contributed by atoms with Gasteiger partial charge in [0, 0.05) is 18.1 Å². The Hall–Kier alpha value is -1.95. The summed E-state index contributed by atoms with van der Waals surface area (Å²) in [7, 11) is 0. The van der Waals surface area contributed by atoms with Crippen LogP contribution in [0.4, 0.5) is 10.8 Å². The molecular formula is C11H11N3O2S. The predicted molar refractivity (Wildman–Crippen MR) is 65.6 cm³/mol. The Kier molecular flexibility index (Phi) is 3.66. The third-order valence-corrected chi connectivity index (χ3v) is 2.81. The van der Waals surface area contributed by atoms with E-state index >= 15 is 0 Å². The van der Waals surface area contributed by atoms with Crippen LogP contribution in [0.3, 0.4) is 0 Å². The van der Waals surface area contributed by atoms with E-state index in [0.717, 1.165) is 5.69 Å². The molecule has 2 heterocycles. The van der Waals surface area contributed by atoms with Crippen molar-refractivity contribution < 1.29 is 9.53 Å². The zero-order valence-corrected chi connectivity index (χ0v) is 10.0. The van der Waals surface area contributed by atoms with Gasteiger partial charge < -0.3 is 10.1 Å². The Morgan fingerprint density at radius 3 is 2.94 bits per heavy atom. The van der Waals surface area contributed by atoms with E-state index in [9.17, 15) is 4.79 Å². The fraction of sp³-hybridized carbons (Fsp3) is 0.182. The van der Waals surface area contributed by atoms with E-state index in [1.165, 1.54) is 17.5 Å². The van der Waals surface area contributed by atoms with Gasteiger partial charge in [0.2, 0.25) is 0 Å². The van der Waals surface area contributed by atoms with Gasteiger partial charge >= 0.3 is 5.97 Å². The summed E-state index contributed by atoms with van der Waals surface area (Å²) < 4.78 is 4.89. The molecule has 0 bridgehead atoms. The number of carbonyl (C=O) groups excluding carboxylic acids is 1. The minimum atomic E-state index is -0.340. The molecule has 88 valence electrons. The quantitative estimate of drug-likeness (QED) is 0.843. The number of ether oxygens (including phenoxy) is 1. The second kappa shape index (κ2) is 5.40. The molecule has 17 heavy (non-hydrogen) atoms. The number of thiazole rings is 1. The highest BCUT2D eigenvalue weighted by Gasteiger charge is 2.11. The first kappa shape index (κ1) is 11.5. The van der Waals surface area contributed by atoms with Gasteiger partial charge in [0.25, 0.3) is 0 Å². The third-order valence-electron chi connectivity index (χ3n) is 1.91. The molecule has 0 saturated heterocycles. The maximum Gasteiger partial charge on any atom is 0.350 e. The van der Waals surface area contributed by atoms with Gasteiger partial charge in [-0.1, -0.05) is 11.3 Å². The average molecular weight is 249 g/mol. The molecule has 2 aromatic heterocycles. The van der Waals surface area contributed by atoms with E-state index in [1.54, 1.807) is 19.3 Å². The summed E-state index contributed by atoms with van der Waals surface area (Å²) in [5.74, 6) is -0.340. The first-order chi connectivity index (χ1) is 8.29. The first-order valence-electron chi connectivity index (χ1n) is 5.09. The number of anilines is 2. The van der Waals surface area contributed by atoms with E-state index in [4.69, 9.17) is 4.74 Å². The van der Waals surface area contributed by atoms with Crippen LogP contribution in [0.15, 0.2) is 30.7 Å². The number of nitrogens with zero attached hydrogens (tertiary/aromatic N) is 2. The number of pyridine rings is 1. The molecule has 5 nitrogen and oxygen atoms in total. The van der Waals surface area contributed by atoms with Gasteiger partial charge in [-0.15, -0.1) is 0 Å². The number of nitrogens with one attached hydrogen (secondary N) is 1. The van der Waals surface area contributed by atoms with Crippen molar-refractivity contribution in [3.8, 4) is 0 Å². The van der Waals surface area contributed by atoms with E-state index in [-0.39, 0.29) is 5.97 Å². The molecule has 0 atom stereocenters. The van der Waals surface area contributed by atoms with Crippen LogP contribution in [-0.2, 0) is 4.74 Å². The number of aromatic nitrogens is 2. The highest BCUT2D eigenvalue weighted by Crippen LogP contribution is 2.22. The fourth-order valence-electron chi connectivity index (χ4n) is 1.19. The number of esters is 1. The lowest BCUT2D eigenvalue weighted by Gasteiger charge is -2.00. The summed E-state index contributed by atoms with van der Waals surface area (Å²) in [6.07, 6.45) is 4.87. The van der Waals surface area contributed by atoms with Crippen LogP contribution in [0.1, 0.15) is 16.6 Å². The van der Waals surface area contributed by atoms with Crippen molar-refractivity contribution in [3.05, 3.63) is 35.6 Å². The molecule has 0 aromatic carbocycles. The van der Waals surface area contributed by atoms with Crippen LogP contribution in [0.25, 0.3) is 0 Å². The Balaban J connectivity index is 2.06. The average Bonchev–Trinajstić information content (AvgIpc) is 2.79. The van der Waals surface area contributed by atoms with Crippen LogP contribution >= 0.6 is 11.3 Å². The molecule has 0 spiro atoms. The van der Waals surface area contributed by atoms with E-state index < -0.39 is 0 Å². The highest BCUT2D eigenvalue weighted by molar-refractivity contribution is 7.17. The predicted octanol–water partition coefficient (Wildman–Crippen LogP) is 2.46. The van der Waals surface area contributed by atoms with Crippen molar-refractivity contribution >= 4 is 28.1 Å². The van der Waals surface area contributed by atoms with Crippen LogP contribution in [-0.4, -0.2) is 22.5 Å². The first-order valence-corrected chi connectivity index (χ1v) is 5.91. The van der Waals surface area contributed by atoms with Crippen molar-refractivity contribution in [2.24, 2.45) is 0 Å². The number of carbonyl (C=O) groups is 1. The molecule has 6 heteroatoms. The lowest BCUT2D eigenvalue weighted by molar-refractivity contribution is 0.0532. The summed E-state index contributed by atoms with van der Waals surface area (Å²) in [6, 6.07) is 3.65. The summed E-state index contributed by atoms with van der Waals surface area (Å²) in [5.41, 5.74) is 0.879. The van der Waals surface area contributed by atoms with E-state index in [1.807, 2.05) is 12.1 Å². The smallest absolute Gasteiger partial charge is 0.350 e. The van der Waals surface area contributed by atoms with Crippen molar-refractivity contribution in [1.82, 2.24) is 9.97 Å². The van der Waals surface area contributed by atoms with Gasteiger partial charge in [-0.05, 0) is 19.1 Å². The largest absolute Gasteiger partial charge is 0.462 e. The van der Waals surface area contributed by atoms with Crippen molar-refractivity contribution in [2.75, 3.05) is 11.9 Å². The van der Waals surface area contributed by atoms with Crippen molar-refractivity contribution in [3.63, 3.8) is 0 Å². The third kappa shape index (κ3) is 3.01. The molecule has 2 rings (SSSR count). The molecular weight excluding hydrogens is 238 g/mol. The zero-order valence-electron chi connectivity index (χ0n) is 9.21. The topological polar surface area (TPSA) is 64.1 Å². The minimum Gasteiger partial charge on any atom is -0.462 e. The van der Waals surface area contributed by atoms with Crippen LogP contribution in [0.5, 0.6) is 0 Å². The molecule has 0 aliphatic carbocycles. The van der Waals surface area contributed by atoms with Crippen molar-refractivity contribution in [1.29, 1.82) is 0 Å². The molecule has 2 aromatic rings. The second-order valence-electron chi connectivity index (χ2n) is 3.11. The maximum absolute atomic E-state index is 11.4. The second-order valence-corrected chi connectivity index (χ2v) is 4.14. The molecule has 0 radical (unpaired) electrons. The van der Waals surface area contributed by atoms with Gasteiger partial charge in [-0.25, -0.2) is 9.78 Å². The molecule has 0 saturated carbocycles. The minimum absolute atomic E-state index is 0.340. The highest BCUT2D eigenvalue weighted by atomic mass is 32.1. The number of rotatable bonds is 4. The SMILES string of the molecule is CCOC(=O)c1cnc(Nc2ccncc2)s1. The summed E-state index contributed by atoms with van der Waals surface area (Å²) in [6.45, 7) is 2.14. The number of hydrogen-bond acceptors (Lipinski definition) is 6. The zero-order chi connectivity index (χ0) is 12.1. The lowest BCUT2D eigenvalue weighted by Crippen LogP contribution is -2.01. The molecule has 0 unspecified atom stereocenters. The summed E-state index contributed by atoms with van der Waals surface area (Å²) in [5, 5.41) is 3.73. The van der Waals surface area contributed by atoms with Gasteiger partial charge in [0.15, 0.2) is 5.13 Å². The van der Waals surface area contributed by atoms with E-state index in [0.29, 0.717) is 16.6 Å². The molecule has 0 aliphatic heterocycles. The molecule has 1 N–H and O–H groups in total. The standard InChI is InChI=1S/C11H11N3O2S/c1-2-16-10(15)9-7-13-11(17-9)14-8-3-5-12-6-4-8/h3-7H,2H2,1H3,(H,12,13,14). The summed E-state index contributed by atoms with van der Waals surface area (Å²) in [4.78, 5) is 19.9. The van der Waals surface area contributed by atoms with Crippen LogP contribution in [0, 0.1) is 0 Å². The molecule has 0 amide bonds. The van der Waals surface area contributed by atoms with Crippen molar-refractivity contribution in [2.45, 2.75) is 6.92 Å².